The van der Waals surface area contributed by atoms with E-state index in [1.54, 1.807) is 0 Å². The molecular formula is C9H17N. The molecule has 0 spiro atoms. The highest BCUT2D eigenvalue weighted by atomic mass is 15.1. The first-order chi connectivity index (χ1) is 4.84. The van der Waals surface area contributed by atoms with Gasteiger partial charge in [0.15, 0.2) is 0 Å². The highest BCUT2D eigenvalue weighted by molar-refractivity contribution is 4.95. The van der Waals surface area contributed by atoms with Gasteiger partial charge in [0, 0.05) is 18.8 Å². The zero-order valence-corrected chi connectivity index (χ0v) is 7.06. The molecule has 1 heterocycles. The van der Waals surface area contributed by atoms with Crippen LogP contribution in [0.3, 0.4) is 0 Å². The minimum atomic E-state index is 1.27. The maximum atomic E-state index is 2.48. The van der Waals surface area contributed by atoms with E-state index in [0.717, 1.165) is 0 Å². The summed E-state index contributed by atoms with van der Waals surface area (Å²) >= 11 is 0. The van der Waals surface area contributed by atoms with Crippen LogP contribution in [0.4, 0.5) is 0 Å². The van der Waals surface area contributed by atoms with Gasteiger partial charge in [0.2, 0.25) is 0 Å². The molecule has 10 heavy (non-hydrogen) atoms. The predicted octanol–water partition coefficient (Wildman–Crippen LogP) is 2.40. The molecule has 0 aromatic heterocycles. The zero-order chi connectivity index (χ0) is 7.40. The van der Waals surface area contributed by atoms with Crippen molar-refractivity contribution in [3.05, 3.63) is 11.8 Å². The number of hydrogen-bond acceptors (Lipinski definition) is 1. The Balaban J connectivity index is 2.39. The van der Waals surface area contributed by atoms with Crippen LogP contribution in [0.1, 0.15) is 33.1 Å². The first-order valence-electron chi connectivity index (χ1n) is 4.22. The van der Waals surface area contributed by atoms with E-state index in [-0.39, 0.29) is 0 Å². The van der Waals surface area contributed by atoms with Crippen molar-refractivity contribution < 1.29 is 0 Å². The van der Waals surface area contributed by atoms with Crippen molar-refractivity contribution >= 4 is 0 Å². The van der Waals surface area contributed by atoms with E-state index >= 15 is 0 Å². The molecule has 1 heteroatoms. The molecule has 0 aliphatic carbocycles. The van der Waals surface area contributed by atoms with Gasteiger partial charge in [-0.25, -0.2) is 0 Å². The Hall–Kier alpha value is -0.460. The van der Waals surface area contributed by atoms with Crippen molar-refractivity contribution in [2.45, 2.75) is 33.1 Å². The quantitative estimate of drug-likeness (QED) is 0.539. The number of likely N-dealkylation sites (tertiary alicyclic amines) is 1. The molecular weight excluding hydrogens is 122 g/mol. The minimum Gasteiger partial charge on any atom is -0.375 e. The van der Waals surface area contributed by atoms with Gasteiger partial charge >= 0.3 is 0 Å². The fourth-order valence-corrected chi connectivity index (χ4v) is 1.43. The molecule has 0 atom stereocenters. The minimum absolute atomic E-state index is 1.27. The van der Waals surface area contributed by atoms with Gasteiger partial charge in [-0.3, -0.25) is 0 Å². The maximum absolute atomic E-state index is 2.48. The Morgan fingerprint density at radius 2 is 1.80 bits per heavy atom. The van der Waals surface area contributed by atoms with Gasteiger partial charge < -0.3 is 4.90 Å². The van der Waals surface area contributed by atoms with E-state index in [9.17, 15) is 0 Å². The van der Waals surface area contributed by atoms with Gasteiger partial charge in [-0.1, -0.05) is 6.08 Å². The average Bonchev–Trinajstić information content (AvgIpc) is 2.05. The summed E-state index contributed by atoms with van der Waals surface area (Å²) in [5.74, 6) is 0. The van der Waals surface area contributed by atoms with Crippen molar-refractivity contribution in [2.24, 2.45) is 0 Å². The van der Waals surface area contributed by atoms with Crippen LogP contribution in [0.15, 0.2) is 11.8 Å². The lowest BCUT2D eigenvalue weighted by Crippen LogP contribution is -2.27. The van der Waals surface area contributed by atoms with E-state index in [0.29, 0.717) is 0 Å². The molecule has 1 nitrogen and oxygen atoms in total. The standard InChI is InChI=1S/C9H17N/c1-3-9(2)10-7-5-4-6-8-10/h3H,4-8H2,1-2H3/b9-3+. The lowest BCUT2D eigenvalue weighted by molar-refractivity contribution is 0.285. The van der Waals surface area contributed by atoms with Crippen LogP contribution in [-0.4, -0.2) is 18.0 Å². The van der Waals surface area contributed by atoms with E-state index in [1.165, 1.54) is 38.0 Å². The van der Waals surface area contributed by atoms with Gasteiger partial charge in [-0.05, 0) is 33.1 Å². The summed E-state index contributed by atoms with van der Waals surface area (Å²) < 4.78 is 0. The fraction of sp³-hybridized carbons (Fsp3) is 0.778. The highest BCUT2D eigenvalue weighted by Crippen LogP contribution is 2.13. The van der Waals surface area contributed by atoms with E-state index in [4.69, 9.17) is 0 Å². The van der Waals surface area contributed by atoms with Crippen LogP contribution in [-0.2, 0) is 0 Å². The average molecular weight is 139 g/mol. The molecule has 1 rings (SSSR count). The molecule has 0 aromatic carbocycles. The predicted molar refractivity (Wildman–Crippen MR) is 44.9 cm³/mol. The summed E-state index contributed by atoms with van der Waals surface area (Å²) in [6.07, 6.45) is 6.38. The van der Waals surface area contributed by atoms with Crippen molar-refractivity contribution in [1.82, 2.24) is 4.90 Å². The van der Waals surface area contributed by atoms with Crippen LogP contribution < -0.4 is 0 Å². The Morgan fingerprint density at radius 3 is 2.30 bits per heavy atom. The fourth-order valence-electron chi connectivity index (χ4n) is 1.43. The summed E-state index contributed by atoms with van der Waals surface area (Å²) in [4.78, 5) is 2.48. The second-order valence-corrected chi connectivity index (χ2v) is 2.98. The lowest BCUT2D eigenvalue weighted by Gasteiger charge is -2.29. The second kappa shape index (κ2) is 3.65. The van der Waals surface area contributed by atoms with E-state index in [1.807, 2.05) is 0 Å². The summed E-state index contributed by atoms with van der Waals surface area (Å²) in [7, 11) is 0. The van der Waals surface area contributed by atoms with Crippen molar-refractivity contribution in [1.29, 1.82) is 0 Å². The van der Waals surface area contributed by atoms with E-state index in [2.05, 4.69) is 24.8 Å². The molecule has 0 bridgehead atoms. The van der Waals surface area contributed by atoms with Crippen molar-refractivity contribution in [3.8, 4) is 0 Å². The molecule has 58 valence electrons. The lowest BCUT2D eigenvalue weighted by atomic mass is 10.1. The van der Waals surface area contributed by atoms with Gasteiger partial charge in [0.1, 0.15) is 0 Å². The molecule has 0 amide bonds. The van der Waals surface area contributed by atoms with Crippen LogP contribution in [0.5, 0.6) is 0 Å². The number of rotatable bonds is 1. The summed E-state index contributed by atoms with van der Waals surface area (Å²) in [5, 5.41) is 0. The SMILES string of the molecule is C/C=C(\C)N1CCCCC1. The second-order valence-electron chi connectivity index (χ2n) is 2.98. The molecule has 1 aliphatic rings. The monoisotopic (exact) mass is 139 g/mol. The normalized spacial score (nSPS) is 21.4. The molecule has 0 N–H and O–H groups in total. The molecule has 0 unspecified atom stereocenters. The Bertz CT molecular complexity index is 121. The van der Waals surface area contributed by atoms with Crippen molar-refractivity contribution in [2.75, 3.05) is 13.1 Å². The summed E-state index contributed by atoms with van der Waals surface area (Å²) in [6.45, 7) is 6.86. The smallest absolute Gasteiger partial charge is 0.0174 e. The summed E-state index contributed by atoms with van der Waals surface area (Å²) in [6, 6.07) is 0. The summed E-state index contributed by atoms with van der Waals surface area (Å²) in [5.41, 5.74) is 1.44. The highest BCUT2D eigenvalue weighted by Gasteiger charge is 2.08. The van der Waals surface area contributed by atoms with Gasteiger partial charge in [-0.2, -0.15) is 0 Å². The molecule has 0 saturated carbocycles. The zero-order valence-electron chi connectivity index (χ0n) is 7.06. The Kier molecular flexibility index (Phi) is 2.79. The van der Waals surface area contributed by atoms with Crippen molar-refractivity contribution in [3.63, 3.8) is 0 Å². The third-order valence-electron chi connectivity index (χ3n) is 2.27. The van der Waals surface area contributed by atoms with Gasteiger partial charge in [-0.15, -0.1) is 0 Å². The molecule has 1 aliphatic heterocycles. The topological polar surface area (TPSA) is 3.24 Å². The Labute approximate surface area is 63.7 Å². The number of nitrogens with zero attached hydrogens (tertiary/aromatic N) is 1. The third-order valence-corrected chi connectivity index (χ3v) is 2.27. The van der Waals surface area contributed by atoms with Crippen LogP contribution >= 0.6 is 0 Å². The number of allylic oxidation sites excluding steroid dienone is 2. The number of hydrogen-bond donors (Lipinski definition) is 0. The Morgan fingerprint density at radius 1 is 1.20 bits per heavy atom. The molecule has 1 saturated heterocycles. The van der Waals surface area contributed by atoms with Gasteiger partial charge in [0.05, 0.1) is 0 Å². The molecule has 0 aromatic rings. The van der Waals surface area contributed by atoms with E-state index < -0.39 is 0 Å². The van der Waals surface area contributed by atoms with Gasteiger partial charge in [0.25, 0.3) is 0 Å². The first kappa shape index (κ1) is 7.64. The van der Waals surface area contributed by atoms with Crippen LogP contribution in [0.25, 0.3) is 0 Å². The van der Waals surface area contributed by atoms with Crippen LogP contribution in [0.2, 0.25) is 0 Å². The third kappa shape index (κ3) is 1.76. The first-order valence-corrected chi connectivity index (χ1v) is 4.22. The molecule has 1 fully saturated rings. The largest absolute Gasteiger partial charge is 0.375 e. The van der Waals surface area contributed by atoms with Crippen LogP contribution in [0, 0.1) is 0 Å². The number of piperidine rings is 1. The maximum Gasteiger partial charge on any atom is 0.0174 e. The molecule has 0 radical (unpaired) electrons.